The van der Waals surface area contributed by atoms with Crippen LogP contribution in [0, 0.1) is 5.92 Å². The highest BCUT2D eigenvalue weighted by Crippen LogP contribution is 2.49. The summed E-state index contributed by atoms with van der Waals surface area (Å²) < 4.78 is 2.16. The summed E-state index contributed by atoms with van der Waals surface area (Å²) in [5.41, 5.74) is 10.6. The SMILES string of the molecule is NC(=O)c1ccc2c(n1)CC[C@@H]([C@H]1c3ccccc3-c3cncn31)[C@@H]2O. The molecule has 0 radical (unpaired) electrons. The van der Waals surface area contributed by atoms with E-state index in [1.165, 1.54) is 11.1 Å². The number of carbonyl (C=O) groups excluding carboxylic acids is 1. The van der Waals surface area contributed by atoms with Crippen molar-refractivity contribution in [3.63, 3.8) is 0 Å². The van der Waals surface area contributed by atoms with Crippen LogP contribution >= 0.6 is 0 Å². The number of aliphatic hydroxyl groups is 1. The van der Waals surface area contributed by atoms with Gasteiger partial charge in [0.05, 0.1) is 30.4 Å². The lowest BCUT2D eigenvalue weighted by atomic mass is 9.77. The minimum Gasteiger partial charge on any atom is -0.388 e. The van der Waals surface area contributed by atoms with E-state index in [1.807, 2.05) is 24.7 Å². The molecule has 1 aliphatic heterocycles. The van der Waals surface area contributed by atoms with Gasteiger partial charge in [-0.15, -0.1) is 0 Å². The van der Waals surface area contributed by atoms with Crippen molar-refractivity contribution in [2.45, 2.75) is 25.0 Å². The monoisotopic (exact) mass is 346 g/mol. The zero-order chi connectivity index (χ0) is 17.8. The molecule has 0 saturated heterocycles. The maximum Gasteiger partial charge on any atom is 0.267 e. The smallest absolute Gasteiger partial charge is 0.267 e. The lowest BCUT2D eigenvalue weighted by Gasteiger charge is -2.34. The van der Waals surface area contributed by atoms with Crippen molar-refractivity contribution in [2.24, 2.45) is 11.7 Å². The molecule has 3 heterocycles. The van der Waals surface area contributed by atoms with Gasteiger partial charge in [-0.3, -0.25) is 4.79 Å². The van der Waals surface area contributed by atoms with Crippen molar-refractivity contribution in [1.29, 1.82) is 0 Å². The molecule has 3 atom stereocenters. The molecular weight excluding hydrogens is 328 g/mol. The maximum absolute atomic E-state index is 11.4. The Kier molecular flexibility index (Phi) is 3.24. The van der Waals surface area contributed by atoms with E-state index >= 15 is 0 Å². The summed E-state index contributed by atoms with van der Waals surface area (Å²) >= 11 is 0. The third-order valence-corrected chi connectivity index (χ3v) is 5.63. The summed E-state index contributed by atoms with van der Waals surface area (Å²) in [6.45, 7) is 0. The molecule has 0 saturated carbocycles. The predicted octanol–water partition coefficient (Wildman–Crippen LogP) is 2.24. The molecule has 6 nitrogen and oxygen atoms in total. The molecule has 2 aromatic heterocycles. The van der Waals surface area contributed by atoms with Gasteiger partial charge in [-0.2, -0.15) is 0 Å². The molecule has 0 fully saturated rings. The number of nitrogens with zero attached hydrogens (tertiary/aromatic N) is 3. The Morgan fingerprint density at radius 1 is 1.19 bits per heavy atom. The van der Waals surface area contributed by atoms with Gasteiger partial charge in [-0.1, -0.05) is 30.3 Å². The van der Waals surface area contributed by atoms with Crippen LogP contribution in [0.1, 0.15) is 45.9 Å². The molecule has 3 N–H and O–H groups in total. The zero-order valence-electron chi connectivity index (χ0n) is 14.0. The Morgan fingerprint density at radius 3 is 2.88 bits per heavy atom. The average molecular weight is 346 g/mol. The van der Waals surface area contributed by atoms with Crippen molar-refractivity contribution >= 4 is 5.91 Å². The lowest BCUT2D eigenvalue weighted by Crippen LogP contribution is -2.29. The van der Waals surface area contributed by atoms with Crippen molar-refractivity contribution in [2.75, 3.05) is 0 Å². The summed E-state index contributed by atoms with van der Waals surface area (Å²) in [5, 5.41) is 11.1. The number of pyridine rings is 1. The maximum atomic E-state index is 11.4. The average Bonchev–Trinajstić information content (AvgIpc) is 3.23. The van der Waals surface area contributed by atoms with Crippen LogP contribution in [0.5, 0.6) is 0 Å². The molecule has 130 valence electrons. The first kappa shape index (κ1) is 15.3. The number of nitrogens with two attached hydrogens (primary N) is 1. The molecule has 1 aliphatic carbocycles. The lowest BCUT2D eigenvalue weighted by molar-refractivity contribution is 0.0708. The largest absolute Gasteiger partial charge is 0.388 e. The number of benzene rings is 1. The number of aromatic nitrogens is 3. The van der Waals surface area contributed by atoms with Crippen molar-refractivity contribution < 1.29 is 9.90 Å². The summed E-state index contributed by atoms with van der Waals surface area (Å²) in [7, 11) is 0. The number of carbonyl (C=O) groups is 1. The number of rotatable bonds is 2. The van der Waals surface area contributed by atoms with Crippen LogP contribution in [0.4, 0.5) is 0 Å². The Balaban J connectivity index is 1.57. The van der Waals surface area contributed by atoms with Gasteiger partial charge >= 0.3 is 0 Å². The molecule has 3 aromatic rings. The van der Waals surface area contributed by atoms with E-state index < -0.39 is 12.0 Å². The van der Waals surface area contributed by atoms with Gasteiger partial charge in [0.1, 0.15) is 5.69 Å². The van der Waals surface area contributed by atoms with Gasteiger partial charge < -0.3 is 15.4 Å². The van der Waals surface area contributed by atoms with Crippen LogP contribution < -0.4 is 5.73 Å². The number of hydrogen-bond donors (Lipinski definition) is 2. The van der Waals surface area contributed by atoms with E-state index in [-0.39, 0.29) is 17.7 Å². The van der Waals surface area contributed by atoms with Crippen LogP contribution in [0.3, 0.4) is 0 Å². The first-order chi connectivity index (χ1) is 12.6. The number of aliphatic hydroxyl groups excluding tert-OH is 1. The minimum atomic E-state index is -0.653. The third-order valence-electron chi connectivity index (χ3n) is 5.63. The standard InChI is InChI=1S/C20H18N4O2/c21-20(26)16-8-5-13-15(23-16)7-6-14(19(13)25)18-12-4-2-1-3-11(12)17-9-22-10-24(17)18/h1-5,8-10,14,18-19,25H,6-7H2,(H2,21,26)/t14-,18+,19+/m0/s1. The number of primary amides is 1. The van der Waals surface area contributed by atoms with Crippen LogP contribution in [0.2, 0.25) is 0 Å². The molecule has 26 heavy (non-hydrogen) atoms. The Morgan fingerprint density at radius 2 is 2.04 bits per heavy atom. The molecule has 2 aliphatic rings. The fourth-order valence-electron chi connectivity index (χ4n) is 4.45. The topological polar surface area (TPSA) is 94.0 Å². The molecule has 6 heteroatoms. The number of fused-ring (bicyclic) bond motifs is 4. The number of imidazole rings is 1. The summed E-state index contributed by atoms with van der Waals surface area (Å²) in [5.74, 6) is -0.530. The highest BCUT2D eigenvalue weighted by Gasteiger charge is 2.40. The van der Waals surface area contributed by atoms with Gasteiger partial charge in [0.15, 0.2) is 0 Å². The number of amides is 1. The fourth-order valence-corrected chi connectivity index (χ4v) is 4.45. The minimum absolute atomic E-state index is 0.0142. The van der Waals surface area contributed by atoms with E-state index in [0.717, 1.165) is 23.4 Å². The van der Waals surface area contributed by atoms with Gasteiger partial charge in [0, 0.05) is 22.7 Å². The summed E-state index contributed by atoms with van der Waals surface area (Å²) in [6, 6.07) is 11.7. The molecule has 0 bridgehead atoms. The highest BCUT2D eigenvalue weighted by atomic mass is 16.3. The van der Waals surface area contributed by atoms with Gasteiger partial charge in [-0.25, -0.2) is 9.97 Å². The number of hydrogen-bond acceptors (Lipinski definition) is 4. The van der Waals surface area contributed by atoms with E-state index in [2.05, 4.69) is 26.7 Å². The molecule has 5 rings (SSSR count). The van der Waals surface area contributed by atoms with Crippen LogP contribution in [0.15, 0.2) is 48.9 Å². The second-order valence-electron chi connectivity index (χ2n) is 6.96. The van der Waals surface area contributed by atoms with Crippen molar-refractivity contribution in [3.8, 4) is 11.3 Å². The highest BCUT2D eigenvalue weighted by molar-refractivity contribution is 5.90. The number of aryl methyl sites for hydroxylation is 1. The molecule has 1 aromatic carbocycles. The van der Waals surface area contributed by atoms with Crippen LogP contribution in [-0.4, -0.2) is 25.5 Å². The van der Waals surface area contributed by atoms with Crippen LogP contribution in [0.25, 0.3) is 11.3 Å². The van der Waals surface area contributed by atoms with Crippen molar-refractivity contribution in [3.05, 3.63) is 71.4 Å². The van der Waals surface area contributed by atoms with Gasteiger partial charge in [-0.05, 0) is 24.5 Å². The molecule has 1 amide bonds. The van der Waals surface area contributed by atoms with Crippen molar-refractivity contribution in [1.82, 2.24) is 14.5 Å². The normalized spacial score (nSPS) is 23.2. The van der Waals surface area contributed by atoms with E-state index in [1.54, 1.807) is 12.1 Å². The zero-order valence-corrected chi connectivity index (χ0v) is 14.0. The predicted molar refractivity (Wildman–Crippen MR) is 95.3 cm³/mol. The van der Waals surface area contributed by atoms with Crippen LogP contribution in [-0.2, 0) is 6.42 Å². The molecule has 0 unspecified atom stereocenters. The third kappa shape index (κ3) is 2.05. The van der Waals surface area contributed by atoms with Gasteiger partial charge in [0.25, 0.3) is 5.91 Å². The van der Waals surface area contributed by atoms with E-state index in [0.29, 0.717) is 6.42 Å². The molecular formula is C20H18N4O2. The quantitative estimate of drug-likeness (QED) is 0.744. The second-order valence-corrected chi connectivity index (χ2v) is 6.96. The second kappa shape index (κ2) is 5.51. The van der Waals surface area contributed by atoms with E-state index in [9.17, 15) is 9.90 Å². The Hall–Kier alpha value is -2.99. The van der Waals surface area contributed by atoms with E-state index in [4.69, 9.17) is 5.73 Å². The molecule has 0 spiro atoms. The Bertz CT molecular complexity index is 1030. The first-order valence-corrected chi connectivity index (χ1v) is 8.74. The fraction of sp³-hybridized carbons (Fsp3) is 0.250. The van der Waals surface area contributed by atoms with Gasteiger partial charge in [0.2, 0.25) is 0 Å². The Labute approximate surface area is 150 Å². The summed E-state index contributed by atoms with van der Waals surface area (Å²) in [4.78, 5) is 20.0. The first-order valence-electron chi connectivity index (χ1n) is 8.74. The summed E-state index contributed by atoms with van der Waals surface area (Å²) in [6.07, 6.45) is 4.56.